The number of hydrogen-bond donors (Lipinski definition) is 2. The number of anilines is 1. The molecule has 1 heterocycles. The number of esters is 1. The van der Waals surface area contributed by atoms with Gasteiger partial charge in [0.2, 0.25) is 0 Å². The van der Waals surface area contributed by atoms with Crippen LogP contribution in [0.1, 0.15) is 31.2 Å². The van der Waals surface area contributed by atoms with E-state index in [4.69, 9.17) is 4.74 Å². The number of benzene rings is 3. The van der Waals surface area contributed by atoms with Gasteiger partial charge in [0.25, 0.3) is 5.91 Å². The highest BCUT2D eigenvalue weighted by atomic mass is 16.5. The Bertz CT molecular complexity index is 1180. The number of ether oxygens (including phenoxy) is 1. The lowest BCUT2D eigenvalue weighted by Crippen LogP contribution is -2.15. The van der Waals surface area contributed by atoms with Crippen molar-refractivity contribution in [1.82, 2.24) is 4.98 Å². The summed E-state index contributed by atoms with van der Waals surface area (Å²) >= 11 is 0. The van der Waals surface area contributed by atoms with Crippen molar-refractivity contribution in [1.29, 1.82) is 0 Å². The summed E-state index contributed by atoms with van der Waals surface area (Å²) < 4.78 is 5.14. The van der Waals surface area contributed by atoms with Gasteiger partial charge in [-0.3, -0.25) is 9.59 Å². The number of rotatable bonds is 6. The number of ketones is 1. The molecule has 0 spiro atoms. The quantitative estimate of drug-likeness (QED) is 0.371. The molecule has 6 nitrogen and oxygen atoms in total. The third-order valence-corrected chi connectivity index (χ3v) is 4.58. The van der Waals surface area contributed by atoms with Crippen LogP contribution >= 0.6 is 0 Å². The van der Waals surface area contributed by atoms with E-state index >= 15 is 0 Å². The summed E-state index contributed by atoms with van der Waals surface area (Å²) in [6.45, 7) is -0.371. The molecule has 0 radical (unpaired) electrons. The van der Waals surface area contributed by atoms with Crippen molar-refractivity contribution in [2.24, 2.45) is 0 Å². The van der Waals surface area contributed by atoms with Gasteiger partial charge in [-0.05, 0) is 48.5 Å². The molecule has 2 N–H and O–H groups in total. The second-order valence-electron chi connectivity index (χ2n) is 6.67. The number of Topliss-reactive ketones (excluding diaryl/α,β-unsaturated/α-hetero) is 1. The third-order valence-electron chi connectivity index (χ3n) is 4.58. The number of aromatic nitrogens is 1. The molecule has 0 saturated heterocycles. The second kappa shape index (κ2) is 8.45. The van der Waals surface area contributed by atoms with Gasteiger partial charge in [0.05, 0.1) is 0 Å². The van der Waals surface area contributed by atoms with Gasteiger partial charge in [-0.15, -0.1) is 0 Å². The number of carbonyl (C=O) groups excluding carboxylic acids is 3. The first-order chi connectivity index (χ1) is 14.6. The highest BCUT2D eigenvalue weighted by molar-refractivity contribution is 6.05. The van der Waals surface area contributed by atoms with E-state index in [2.05, 4.69) is 10.3 Å². The van der Waals surface area contributed by atoms with Crippen LogP contribution < -0.4 is 5.32 Å². The monoisotopic (exact) mass is 398 g/mol. The zero-order valence-electron chi connectivity index (χ0n) is 15.9. The predicted molar refractivity (Wildman–Crippen MR) is 114 cm³/mol. The third kappa shape index (κ3) is 4.28. The number of amides is 1. The Labute approximate surface area is 172 Å². The molecular formula is C24H18N2O4. The molecule has 0 atom stereocenters. The van der Waals surface area contributed by atoms with Crippen LogP contribution in [0.4, 0.5) is 5.69 Å². The molecule has 6 heteroatoms. The molecule has 3 aromatic carbocycles. The summed E-state index contributed by atoms with van der Waals surface area (Å²) in [5.74, 6) is -1.16. The Morgan fingerprint density at radius 3 is 2.23 bits per heavy atom. The molecule has 4 rings (SSSR count). The number of hydrogen-bond acceptors (Lipinski definition) is 4. The molecule has 0 unspecified atom stereocenters. The summed E-state index contributed by atoms with van der Waals surface area (Å²) in [5, 5.41) is 3.66. The van der Waals surface area contributed by atoms with Crippen LogP contribution in [0.15, 0.2) is 84.9 Å². The number of fused-ring (bicyclic) bond motifs is 1. The maximum absolute atomic E-state index is 12.3. The molecule has 0 aliphatic carbocycles. The lowest BCUT2D eigenvalue weighted by atomic mass is 10.1. The van der Waals surface area contributed by atoms with Gasteiger partial charge in [0, 0.05) is 27.7 Å². The van der Waals surface area contributed by atoms with Crippen molar-refractivity contribution in [3.63, 3.8) is 0 Å². The van der Waals surface area contributed by atoms with Gasteiger partial charge in [-0.25, -0.2) is 4.79 Å². The van der Waals surface area contributed by atoms with Crippen molar-refractivity contribution in [2.45, 2.75) is 0 Å². The minimum Gasteiger partial charge on any atom is -0.453 e. The maximum Gasteiger partial charge on any atom is 0.355 e. The van der Waals surface area contributed by atoms with Crippen molar-refractivity contribution < 1.29 is 19.1 Å². The largest absolute Gasteiger partial charge is 0.453 e. The van der Waals surface area contributed by atoms with E-state index in [1.807, 2.05) is 30.3 Å². The lowest BCUT2D eigenvalue weighted by Gasteiger charge is -2.07. The molecule has 1 aromatic heterocycles. The Morgan fingerprint density at radius 1 is 0.800 bits per heavy atom. The smallest absolute Gasteiger partial charge is 0.355 e. The van der Waals surface area contributed by atoms with E-state index in [9.17, 15) is 14.4 Å². The van der Waals surface area contributed by atoms with Crippen LogP contribution in [0.25, 0.3) is 10.9 Å². The average molecular weight is 398 g/mol. The Hall–Kier alpha value is -4.19. The molecule has 0 aliphatic rings. The SMILES string of the molecule is O=C(COC(=O)c1cc2ccccc2[nH]1)c1ccc(NC(=O)c2ccccc2)cc1. The van der Waals surface area contributed by atoms with Gasteiger partial charge in [-0.2, -0.15) is 0 Å². The highest BCUT2D eigenvalue weighted by Gasteiger charge is 2.14. The van der Waals surface area contributed by atoms with Gasteiger partial charge in [0.15, 0.2) is 12.4 Å². The molecule has 0 bridgehead atoms. The second-order valence-corrected chi connectivity index (χ2v) is 6.67. The van der Waals surface area contributed by atoms with E-state index in [0.717, 1.165) is 10.9 Å². The van der Waals surface area contributed by atoms with Crippen LogP contribution in [0.5, 0.6) is 0 Å². The van der Waals surface area contributed by atoms with Gasteiger partial charge >= 0.3 is 5.97 Å². The van der Waals surface area contributed by atoms with Crippen molar-refractivity contribution in [3.8, 4) is 0 Å². The minimum absolute atomic E-state index is 0.234. The molecule has 1 amide bonds. The number of aromatic amines is 1. The lowest BCUT2D eigenvalue weighted by molar-refractivity contribution is 0.0470. The van der Waals surface area contributed by atoms with E-state index in [1.165, 1.54) is 0 Å². The standard InChI is InChI=1S/C24H18N2O4/c27-22(15-30-24(29)21-14-18-8-4-5-9-20(18)26-21)16-10-12-19(13-11-16)25-23(28)17-6-2-1-3-7-17/h1-14,26H,15H2,(H,25,28). The number of H-pyrrole nitrogens is 1. The number of nitrogens with one attached hydrogen (secondary N) is 2. The fourth-order valence-electron chi connectivity index (χ4n) is 3.01. The maximum atomic E-state index is 12.3. The highest BCUT2D eigenvalue weighted by Crippen LogP contribution is 2.16. The summed E-state index contributed by atoms with van der Waals surface area (Å²) in [4.78, 5) is 39.7. The van der Waals surface area contributed by atoms with Crippen LogP contribution in [0.3, 0.4) is 0 Å². The van der Waals surface area contributed by atoms with E-state index in [0.29, 0.717) is 22.5 Å². The topological polar surface area (TPSA) is 88.3 Å². The van der Waals surface area contributed by atoms with Crippen LogP contribution in [-0.4, -0.2) is 29.3 Å². The van der Waals surface area contributed by atoms with Gasteiger partial charge < -0.3 is 15.0 Å². The Morgan fingerprint density at radius 2 is 1.50 bits per heavy atom. The average Bonchev–Trinajstić information content (AvgIpc) is 3.23. The van der Waals surface area contributed by atoms with E-state index in [-0.39, 0.29) is 18.3 Å². The van der Waals surface area contributed by atoms with Crippen LogP contribution in [0, 0.1) is 0 Å². The first-order valence-corrected chi connectivity index (χ1v) is 9.35. The molecule has 148 valence electrons. The normalized spacial score (nSPS) is 10.5. The van der Waals surface area contributed by atoms with Crippen LogP contribution in [0.2, 0.25) is 0 Å². The zero-order valence-corrected chi connectivity index (χ0v) is 15.9. The zero-order chi connectivity index (χ0) is 20.9. The molecule has 30 heavy (non-hydrogen) atoms. The van der Waals surface area contributed by atoms with Crippen LogP contribution in [-0.2, 0) is 4.74 Å². The Kier molecular flexibility index (Phi) is 5.39. The summed E-state index contributed by atoms with van der Waals surface area (Å²) in [5.41, 5.74) is 2.61. The fraction of sp³-hybridized carbons (Fsp3) is 0.0417. The summed E-state index contributed by atoms with van der Waals surface area (Å²) in [6.07, 6.45) is 0. The molecular weight excluding hydrogens is 380 g/mol. The first kappa shape index (κ1) is 19.1. The first-order valence-electron chi connectivity index (χ1n) is 9.35. The predicted octanol–water partition coefficient (Wildman–Crippen LogP) is 4.46. The summed E-state index contributed by atoms with van der Waals surface area (Å²) in [7, 11) is 0. The Balaban J connectivity index is 1.34. The molecule has 4 aromatic rings. The number of para-hydroxylation sites is 1. The number of carbonyl (C=O) groups is 3. The molecule has 0 fully saturated rings. The van der Waals surface area contributed by atoms with Gasteiger partial charge in [-0.1, -0.05) is 36.4 Å². The van der Waals surface area contributed by atoms with Crippen molar-refractivity contribution in [3.05, 3.63) is 102 Å². The summed E-state index contributed by atoms with van der Waals surface area (Å²) in [6, 6.07) is 24.4. The molecule has 0 saturated carbocycles. The van der Waals surface area contributed by atoms with E-state index < -0.39 is 5.97 Å². The van der Waals surface area contributed by atoms with Gasteiger partial charge in [0.1, 0.15) is 5.69 Å². The van der Waals surface area contributed by atoms with Crippen molar-refractivity contribution in [2.75, 3.05) is 11.9 Å². The molecule has 0 aliphatic heterocycles. The fourth-order valence-corrected chi connectivity index (χ4v) is 3.01. The van der Waals surface area contributed by atoms with E-state index in [1.54, 1.807) is 54.6 Å². The minimum atomic E-state index is -0.591. The van der Waals surface area contributed by atoms with Crippen molar-refractivity contribution >= 4 is 34.3 Å².